The number of hydrogen-bond donors (Lipinski definition) is 1. The van der Waals surface area contributed by atoms with Gasteiger partial charge in [0.2, 0.25) is 11.8 Å². The standard InChI is InChI=1S/C17H14Cl2N2O2S/c18-11-5-6-12(19)15(8-11)24-9-16(22)21-13-4-2-1-3-10(13)7-14(21)17(20)23/h1-6,8,14H,7,9H2,(H2,20,23)/t14-/m0/s1. The zero-order valence-corrected chi connectivity index (χ0v) is 14.9. The number of para-hydroxylation sites is 1. The molecule has 0 spiro atoms. The summed E-state index contributed by atoms with van der Waals surface area (Å²) in [6.45, 7) is 0. The first-order valence-electron chi connectivity index (χ1n) is 7.24. The molecule has 1 heterocycles. The van der Waals surface area contributed by atoms with Crippen molar-refractivity contribution in [2.45, 2.75) is 17.4 Å². The van der Waals surface area contributed by atoms with E-state index in [0.29, 0.717) is 16.5 Å². The van der Waals surface area contributed by atoms with Crippen molar-refractivity contribution in [2.75, 3.05) is 10.7 Å². The number of thioether (sulfide) groups is 1. The van der Waals surface area contributed by atoms with Crippen molar-refractivity contribution < 1.29 is 9.59 Å². The molecular weight excluding hydrogens is 367 g/mol. The number of nitrogens with zero attached hydrogens (tertiary/aromatic N) is 1. The van der Waals surface area contributed by atoms with E-state index in [9.17, 15) is 9.59 Å². The molecule has 0 unspecified atom stereocenters. The first-order chi connectivity index (χ1) is 11.5. The van der Waals surface area contributed by atoms with Gasteiger partial charge in [0.15, 0.2) is 0 Å². The zero-order chi connectivity index (χ0) is 17.3. The highest BCUT2D eigenvalue weighted by Gasteiger charge is 2.36. The van der Waals surface area contributed by atoms with E-state index in [1.54, 1.807) is 18.2 Å². The molecule has 0 aromatic heterocycles. The van der Waals surface area contributed by atoms with Gasteiger partial charge in [0.05, 0.1) is 10.8 Å². The van der Waals surface area contributed by atoms with Crippen molar-refractivity contribution in [2.24, 2.45) is 5.73 Å². The number of carbonyl (C=O) groups excluding carboxylic acids is 2. The molecule has 3 rings (SSSR count). The van der Waals surface area contributed by atoms with Crippen LogP contribution in [0.5, 0.6) is 0 Å². The van der Waals surface area contributed by atoms with Gasteiger partial charge >= 0.3 is 0 Å². The molecule has 0 radical (unpaired) electrons. The molecule has 0 aliphatic carbocycles. The van der Waals surface area contributed by atoms with Crippen LogP contribution in [0.15, 0.2) is 47.4 Å². The number of nitrogens with two attached hydrogens (primary N) is 1. The number of halogens is 2. The van der Waals surface area contributed by atoms with Crippen molar-refractivity contribution in [3.05, 3.63) is 58.1 Å². The topological polar surface area (TPSA) is 63.4 Å². The van der Waals surface area contributed by atoms with Crippen molar-refractivity contribution in [3.8, 4) is 0 Å². The summed E-state index contributed by atoms with van der Waals surface area (Å²) in [4.78, 5) is 26.7. The third-order valence-corrected chi connectivity index (χ3v) is 5.53. The van der Waals surface area contributed by atoms with E-state index in [0.717, 1.165) is 16.1 Å². The fourth-order valence-corrected chi connectivity index (χ4v) is 4.07. The number of primary amides is 1. The molecule has 7 heteroatoms. The van der Waals surface area contributed by atoms with E-state index in [1.165, 1.54) is 16.7 Å². The Morgan fingerprint density at radius 1 is 1.21 bits per heavy atom. The Kier molecular flexibility index (Phi) is 5.04. The molecule has 2 aromatic carbocycles. The van der Waals surface area contributed by atoms with Crippen LogP contribution in [0.2, 0.25) is 10.0 Å². The largest absolute Gasteiger partial charge is 0.368 e. The molecule has 124 valence electrons. The number of rotatable bonds is 4. The van der Waals surface area contributed by atoms with Gasteiger partial charge in [-0.15, -0.1) is 11.8 Å². The molecule has 1 aliphatic rings. The van der Waals surface area contributed by atoms with Crippen LogP contribution in [0, 0.1) is 0 Å². The van der Waals surface area contributed by atoms with Gasteiger partial charge in [0.25, 0.3) is 0 Å². The summed E-state index contributed by atoms with van der Waals surface area (Å²) in [7, 11) is 0. The summed E-state index contributed by atoms with van der Waals surface area (Å²) in [6, 6.07) is 11.9. The van der Waals surface area contributed by atoms with Gasteiger partial charge in [-0.3, -0.25) is 14.5 Å². The van der Waals surface area contributed by atoms with Crippen LogP contribution >= 0.6 is 35.0 Å². The fourth-order valence-electron chi connectivity index (χ4n) is 2.72. The summed E-state index contributed by atoms with van der Waals surface area (Å²) in [5.74, 6) is -0.562. The zero-order valence-electron chi connectivity index (χ0n) is 12.5. The molecule has 0 bridgehead atoms. The predicted molar refractivity (Wildman–Crippen MR) is 97.8 cm³/mol. The maximum absolute atomic E-state index is 12.7. The normalized spacial score (nSPS) is 16.1. The van der Waals surface area contributed by atoms with Gasteiger partial charge in [-0.1, -0.05) is 41.4 Å². The van der Waals surface area contributed by atoms with Crippen LogP contribution in [-0.4, -0.2) is 23.6 Å². The summed E-state index contributed by atoms with van der Waals surface area (Å²) < 4.78 is 0. The van der Waals surface area contributed by atoms with Gasteiger partial charge in [0.1, 0.15) is 6.04 Å². The second kappa shape index (κ2) is 7.05. The van der Waals surface area contributed by atoms with E-state index in [4.69, 9.17) is 28.9 Å². The van der Waals surface area contributed by atoms with Crippen molar-refractivity contribution in [3.63, 3.8) is 0 Å². The van der Waals surface area contributed by atoms with Crippen LogP contribution in [0.3, 0.4) is 0 Å². The highest BCUT2D eigenvalue weighted by atomic mass is 35.5. The van der Waals surface area contributed by atoms with Gasteiger partial charge in [-0.25, -0.2) is 0 Å². The monoisotopic (exact) mass is 380 g/mol. The maximum Gasteiger partial charge on any atom is 0.240 e. The number of amides is 2. The van der Waals surface area contributed by atoms with Crippen LogP contribution in [0.4, 0.5) is 5.69 Å². The second-order valence-corrected chi connectivity index (χ2v) is 7.24. The molecule has 1 aliphatic heterocycles. The SMILES string of the molecule is NC(=O)[C@@H]1Cc2ccccc2N1C(=O)CSc1cc(Cl)ccc1Cl. The van der Waals surface area contributed by atoms with Gasteiger partial charge in [-0.2, -0.15) is 0 Å². The lowest BCUT2D eigenvalue weighted by Gasteiger charge is -2.23. The third-order valence-electron chi connectivity index (χ3n) is 3.82. The minimum Gasteiger partial charge on any atom is -0.368 e. The van der Waals surface area contributed by atoms with Crippen LogP contribution in [0.1, 0.15) is 5.56 Å². The van der Waals surface area contributed by atoms with Gasteiger partial charge in [-0.05, 0) is 29.8 Å². The minimum absolute atomic E-state index is 0.137. The molecule has 1 atom stereocenters. The Morgan fingerprint density at radius 3 is 2.71 bits per heavy atom. The van der Waals surface area contributed by atoms with Crippen molar-refractivity contribution in [1.29, 1.82) is 0 Å². The molecule has 0 fully saturated rings. The molecule has 2 N–H and O–H groups in total. The Labute approximate surface area is 153 Å². The average Bonchev–Trinajstić information content (AvgIpc) is 2.95. The first kappa shape index (κ1) is 17.1. The number of carbonyl (C=O) groups is 2. The summed E-state index contributed by atoms with van der Waals surface area (Å²) in [6.07, 6.45) is 0.444. The van der Waals surface area contributed by atoms with Crippen molar-refractivity contribution in [1.82, 2.24) is 0 Å². The highest BCUT2D eigenvalue weighted by molar-refractivity contribution is 8.00. The Morgan fingerprint density at radius 2 is 1.96 bits per heavy atom. The summed E-state index contributed by atoms with van der Waals surface area (Å²) in [5, 5.41) is 1.08. The van der Waals surface area contributed by atoms with Gasteiger partial charge in [0, 0.05) is 22.0 Å². The second-order valence-electron chi connectivity index (χ2n) is 5.38. The Bertz CT molecular complexity index is 813. The smallest absolute Gasteiger partial charge is 0.240 e. The van der Waals surface area contributed by atoms with Crippen LogP contribution < -0.4 is 10.6 Å². The Balaban J connectivity index is 1.80. The quantitative estimate of drug-likeness (QED) is 0.825. The van der Waals surface area contributed by atoms with E-state index in [1.807, 2.05) is 24.3 Å². The third kappa shape index (κ3) is 3.38. The molecule has 4 nitrogen and oxygen atoms in total. The van der Waals surface area contributed by atoms with Crippen LogP contribution in [0.25, 0.3) is 0 Å². The predicted octanol–water partition coefficient (Wildman–Crippen LogP) is 3.53. The lowest BCUT2D eigenvalue weighted by atomic mass is 10.1. The van der Waals surface area contributed by atoms with Crippen LogP contribution in [-0.2, 0) is 16.0 Å². The number of benzene rings is 2. The van der Waals surface area contributed by atoms with E-state index in [-0.39, 0.29) is 11.7 Å². The van der Waals surface area contributed by atoms with Crippen molar-refractivity contribution >= 4 is 52.5 Å². The summed E-state index contributed by atoms with van der Waals surface area (Å²) in [5.41, 5.74) is 7.16. The molecule has 2 aromatic rings. The van der Waals surface area contributed by atoms with E-state index in [2.05, 4.69) is 0 Å². The summed E-state index contributed by atoms with van der Waals surface area (Å²) >= 11 is 13.4. The fraction of sp³-hybridized carbons (Fsp3) is 0.176. The molecular formula is C17H14Cl2N2O2S. The van der Waals surface area contributed by atoms with Gasteiger partial charge < -0.3 is 5.73 Å². The lowest BCUT2D eigenvalue weighted by molar-refractivity contribution is -0.123. The molecule has 2 amide bonds. The number of hydrogen-bond acceptors (Lipinski definition) is 3. The molecule has 0 saturated heterocycles. The van der Waals surface area contributed by atoms with E-state index >= 15 is 0 Å². The Hall–Kier alpha value is -1.69. The van der Waals surface area contributed by atoms with E-state index < -0.39 is 11.9 Å². The maximum atomic E-state index is 12.7. The molecule has 24 heavy (non-hydrogen) atoms. The highest BCUT2D eigenvalue weighted by Crippen LogP contribution is 2.34. The molecule has 0 saturated carbocycles. The number of anilines is 1. The lowest BCUT2D eigenvalue weighted by Crippen LogP contribution is -2.46. The number of fused-ring (bicyclic) bond motifs is 1. The average molecular weight is 381 g/mol. The first-order valence-corrected chi connectivity index (χ1v) is 8.98. The minimum atomic E-state index is -0.648.